The number of carbonyl (C=O) groups is 1. The minimum atomic E-state index is -3.41. The van der Waals surface area contributed by atoms with E-state index >= 15 is 0 Å². The molecule has 0 amide bonds. The minimum Gasteiger partial charge on any atom is -0.503 e. The van der Waals surface area contributed by atoms with Crippen molar-refractivity contribution in [3.63, 3.8) is 0 Å². The summed E-state index contributed by atoms with van der Waals surface area (Å²) >= 11 is 0. The molecule has 0 N–H and O–H groups in total. The van der Waals surface area contributed by atoms with Crippen LogP contribution in [0.4, 0.5) is 0 Å². The Hall–Kier alpha value is -3.46. The molecule has 200 valence electrons. The summed E-state index contributed by atoms with van der Waals surface area (Å²) in [7, 11) is 0.761. The minimum absolute atomic E-state index is 0.0661. The number of oxime groups is 2. The Morgan fingerprint density at radius 2 is 1.59 bits per heavy atom. The topological polar surface area (TPSA) is 114 Å². The second-order valence-corrected chi connectivity index (χ2v) is 9.40. The molecule has 37 heavy (non-hydrogen) atoms. The largest absolute Gasteiger partial charge is 0.503 e. The number of benzene rings is 2. The van der Waals surface area contributed by atoms with Crippen molar-refractivity contribution in [3.8, 4) is 0 Å². The monoisotopic (exact) mass is 532 g/mol. The number of nitrogens with zero attached hydrogens (tertiary/aromatic N) is 2. The Balaban J connectivity index is 2.27. The van der Waals surface area contributed by atoms with Crippen molar-refractivity contribution in [2.45, 2.75) is 27.4 Å². The molecule has 0 bridgehead atoms. The molecular weight excluding hydrogens is 499 g/mol. The van der Waals surface area contributed by atoms with Gasteiger partial charge in [-0.15, -0.1) is 0 Å². The summed E-state index contributed by atoms with van der Waals surface area (Å²) in [4.78, 5) is 22.8. The first-order chi connectivity index (χ1) is 17.8. The van der Waals surface area contributed by atoms with Crippen LogP contribution < -0.4 is 5.30 Å². The van der Waals surface area contributed by atoms with Gasteiger partial charge in [0, 0.05) is 11.1 Å². The Morgan fingerprint density at radius 3 is 2.16 bits per heavy atom. The molecule has 0 saturated heterocycles. The summed E-state index contributed by atoms with van der Waals surface area (Å²) in [5, 5.41) is 8.70. The van der Waals surface area contributed by atoms with Crippen molar-refractivity contribution in [1.82, 2.24) is 0 Å². The Labute approximate surface area is 217 Å². The van der Waals surface area contributed by atoms with Crippen LogP contribution in [0.15, 0.2) is 65.1 Å². The number of hydrogen-bond donors (Lipinski definition) is 0. The molecule has 11 heteroatoms. The van der Waals surface area contributed by atoms with Gasteiger partial charge in [0.05, 0.1) is 39.0 Å². The third-order valence-electron chi connectivity index (χ3n) is 4.95. The number of hydrogen-bond acceptors (Lipinski definition) is 10. The molecule has 2 aromatic carbocycles. The molecule has 0 radical (unpaired) electrons. The van der Waals surface area contributed by atoms with Gasteiger partial charge in [-0.05, 0) is 38.5 Å². The van der Waals surface area contributed by atoms with Crippen LogP contribution in [0.3, 0.4) is 0 Å². The third-order valence-corrected chi connectivity index (χ3v) is 7.08. The fourth-order valence-electron chi connectivity index (χ4n) is 3.35. The quantitative estimate of drug-likeness (QED) is 0.0861. The molecule has 0 heterocycles. The molecule has 0 saturated carbocycles. The maximum absolute atomic E-state index is 13.0. The zero-order valence-electron chi connectivity index (χ0n) is 21.9. The van der Waals surface area contributed by atoms with Gasteiger partial charge in [0.25, 0.3) is 0 Å². The van der Waals surface area contributed by atoms with Crippen molar-refractivity contribution in [3.05, 3.63) is 71.5 Å². The highest BCUT2D eigenvalue weighted by Crippen LogP contribution is 2.46. The van der Waals surface area contributed by atoms with E-state index in [-0.39, 0.29) is 25.4 Å². The standard InChI is InChI=1S/C26H33N2O8P/c1-7-35-37(30,36-8-2)22-15-13-20(14-16-22)25(28-33-6)19(3)27-34-17-21-11-9-10-12-23(21)24(18-31-4)26(29)32-5/h9-16,18H,7-8,17H2,1-6H3/b24-18+,27-19+,28-25-. The first kappa shape index (κ1) is 29.8. The fourth-order valence-corrected chi connectivity index (χ4v) is 4.91. The molecule has 0 aromatic heterocycles. The van der Waals surface area contributed by atoms with Crippen LogP contribution in [-0.2, 0) is 44.2 Å². The summed E-state index contributed by atoms with van der Waals surface area (Å²) < 4.78 is 33.7. The molecule has 2 aromatic rings. The number of esters is 1. The van der Waals surface area contributed by atoms with E-state index in [0.717, 1.165) is 0 Å². The van der Waals surface area contributed by atoms with Gasteiger partial charge in [0.1, 0.15) is 30.7 Å². The van der Waals surface area contributed by atoms with Crippen LogP contribution in [0.5, 0.6) is 0 Å². The van der Waals surface area contributed by atoms with Crippen molar-refractivity contribution < 1.29 is 37.6 Å². The van der Waals surface area contributed by atoms with E-state index in [1.165, 1.54) is 27.6 Å². The Bertz CT molecular complexity index is 1170. The van der Waals surface area contributed by atoms with E-state index < -0.39 is 13.6 Å². The van der Waals surface area contributed by atoms with E-state index in [4.69, 9.17) is 28.2 Å². The maximum atomic E-state index is 13.0. The van der Waals surface area contributed by atoms with Gasteiger partial charge in [0.15, 0.2) is 0 Å². The van der Waals surface area contributed by atoms with Gasteiger partial charge in [-0.25, -0.2) is 4.79 Å². The van der Waals surface area contributed by atoms with Crippen LogP contribution in [0.25, 0.3) is 5.57 Å². The van der Waals surface area contributed by atoms with Gasteiger partial charge >= 0.3 is 13.6 Å². The van der Waals surface area contributed by atoms with Crippen molar-refractivity contribution in [1.29, 1.82) is 0 Å². The van der Waals surface area contributed by atoms with Gasteiger partial charge in [-0.2, -0.15) is 0 Å². The molecule has 2 rings (SSSR count). The Kier molecular flexibility index (Phi) is 12.0. The number of methoxy groups -OCH3 is 2. The lowest BCUT2D eigenvalue weighted by Gasteiger charge is -2.17. The third kappa shape index (κ3) is 8.01. The van der Waals surface area contributed by atoms with Crippen LogP contribution >= 0.6 is 7.60 Å². The van der Waals surface area contributed by atoms with Gasteiger partial charge in [-0.1, -0.05) is 46.7 Å². The second-order valence-electron chi connectivity index (χ2n) is 7.37. The lowest BCUT2D eigenvalue weighted by molar-refractivity contribution is -0.133. The van der Waals surface area contributed by atoms with Gasteiger partial charge < -0.3 is 28.2 Å². The highest BCUT2D eigenvalue weighted by atomic mass is 31.2. The van der Waals surface area contributed by atoms with Crippen LogP contribution in [0.2, 0.25) is 0 Å². The van der Waals surface area contributed by atoms with E-state index in [1.807, 2.05) is 12.1 Å². The zero-order valence-corrected chi connectivity index (χ0v) is 22.8. The average molecular weight is 533 g/mol. The highest BCUT2D eigenvalue weighted by Gasteiger charge is 2.26. The first-order valence-electron chi connectivity index (χ1n) is 11.5. The van der Waals surface area contributed by atoms with Crippen molar-refractivity contribution in [2.75, 3.05) is 34.5 Å². The summed E-state index contributed by atoms with van der Waals surface area (Å²) in [6.07, 6.45) is 1.32. The lowest BCUT2D eigenvalue weighted by Crippen LogP contribution is -2.16. The van der Waals surface area contributed by atoms with Crippen molar-refractivity contribution in [2.24, 2.45) is 10.3 Å². The molecule has 0 atom stereocenters. The second kappa shape index (κ2) is 14.9. The smallest absolute Gasteiger partial charge is 0.361 e. The molecule has 0 spiro atoms. The molecule has 0 fully saturated rings. The normalized spacial score (nSPS) is 12.8. The predicted octanol–water partition coefficient (Wildman–Crippen LogP) is 4.68. The number of ether oxygens (including phenoxy) is 2. The zero-order chi connectivity index (χ0) is 27.3. The van der Waals surface area contributed by atoms with Crippen molar-refractivity contribution >= 4 is 35.9 Å². The molecule has 0 aliphatic heterocycles. The van der Waals surface area contributed by atoms with E-state index in [9.17, 15) is 9.36 Å². The average Bonchev–Trinajstić information content (AvgIpc) is 2.90. The summed E-state index contributed by atoms with van der Waals surface area (Å²) in [5.74, 6) is -0.537. The summed E-state index contributed by atoms with van der Waals surface area (Å²) in [5.41, 5.74) is 3.06. The van der Waals surface area contributed by atoms with Gasteiger partial charge in [0.2, 0.25) is 0 Å². The van der Waals surface area contributed by atoms with Crippen LogP contribution in [0, 0.1) is 0 Å². The molecule has 0 unspecified atom stereocenters. The molecule has 0 aliphatic carbocycles. The van der Waals surface area contributed by atoms with Crippen LogP contribution in [-0.4, -0.2) is 51.9 Å². The van der Waals surface area contributed by atoms with E-state index in [2.05, 4.69) is 10.3 Å². The molecule has 0 aliphatic rings. The maximum Gasteiger partial charge on any atom is 0.361 e. The SMILES string of the molecule is CCOP(=O)(OCC)c1ccc(C(=N\OC)/C(C)=N/OCc2ccccc2/C(=C\OC)C(=O)OC)cc1. The number of carbonyl (C=O) groups excluding carboxylic acids is 1. The first-order valence-corrected chi connectivity index (χ1v) is 13.1. The predicted molar refractivity (Wildman–Crippen MR) is 142 cm³/mol. The Morgan fingerprint density at radius 1 is 0.946 bits per heavy atom. The van der Waals surface area contributed by atoms with E-state index in [0.29, 0.717) is 33.4 Å². The lowest BCUT2D eigenvalue weighted by atomic mass is 10.0. The van der Waals surface area contributed by atoms with E-state index in [1.54, 1.807) is 57.2 Å². The highest BCUT2D eigenvalue weighted by molar-refractivity contribution is 7.62. The number of rotatable bonds is 14. The van der Waals surface area contributed by atoms with Gasteiger partial charge in [-0.3, -0.25) is 4.57 Å². The molecular formula is C26H33N2O8P. The summed E-state index contributed by atoms with van der Waals surface area (Å²) in [6, 6.07) is 14.0. The van der Waals surface area contributed by atoms with Crippen LogP contribution in [0.1, 0.15) is 37.5 Å². The fraction of sp³-hybridized carbons (Fsp3) is 0.346. The molecule has 10 nitrogen and oxygen atoms in total. The summed E-state index contributed by atoms with van der Waals surface area (Å²) in [6.45, 7) is 5.80.